The van der Waals surface area contributed by atoms with E-state index in [-0.39, 0.29) is 12.5 Å². The van der Waals surface area contributed by atoms with Gasteiger partial charge in [0.2, 0.25) is 0 Å². The third-order valence-electron chi connectivity index (χ3n) is 4.26. The van der Waals surface area contributed by atoms with E-state index in [0.29, 0.717) is 12.4 Å². The lowest BCUT2D eigenvalue weighted by molar-refractivity contribution is -0.123. The topological polar surface area (TPSA) is 59.9 Å². The van der Waals surface area contributed by atoms with Gasteiger partial charge in [0, 0.05) is 5.56 Å². The first-order valence-electron chi connectivity index (χ1n) is 10.1. The molecule has 0 atom stereocenters. The van der Waals surface area contributed by atoms with Crippen LogP contribution in [0.25, 0.3) is 0 Å². The van der Waals surface area contributed by atoms with Crippen molar-refractivity contribution < 1.29 is 14.3 Å². The van der Waals surface area contributed by atoms with Crippen molar-refractivity contribution in [3.63, 3.8) is 0 Å². The number of nitrogens with one attached hydrogen (secondary N) is 1. The summed E-state index contributed by atoms with van der Waals surface area (Å²) >= 11 is 3.38. The number of carbonyl (C=O) groups excluding carboxylic acids is 1. The second-order valence-corrected chi connectivity index (χ2v) is 7.52. The summed E-state index contributed by atoms with van der Waals surface area (Å²) < 4.78 is 12.2. The van der Waals surface area contributed by atoms with Gasteiger partial charge in [-0.3, -0.25) is 4.79 Å². The number of hydrazone groups is 1. The van der Waals surface area contributed by atoms with E-state index in [1.54, 1.807) is 12.3 Å². The number of nitrogens with zero attached hydrogens (tertiary/aromatic N) is 1. The van der Waals surface area contributed by atoms with Crippen LogP contribution in [0.1, 0.15) is 51.0 Å². The molecule has 2 rings (SSSR count). The van der Waals surface area contributed by atoms with Gasteiger partial charge in [-0.2, -0.15) is 5.10 Å². The van der Waals surface area contributed by atoms with Crippen molar-refractivity contribution in [2.24, 2.45) is 5.10 Å². The molecule has 1 amide bonds. The number of amides is 1. The van der Waals surface area contributed by atoms with Crippen LogP contribution in [0.2, 0.25) is 0 Å². The lowest BCUT2D eigenvalue weighted by Crippen LogP contribution is -2.24. The standard InChI is InChI=1S/C23H29BrN2O3/c1-2-3-4-5-6-11-16-28-21-14-9-7-12-19(21)17-25-26-23(27)18-29-22-15-10-8-13-20(22)24/h7-10,12-15,17H,2-6,11,16,18H2,1H3,(H,26,27)/b25-17-. The minimum atomic E-state index is -0.331. The molecular formula is C23H29BrN2O3. The van der Waals surface area contributed by atoms with Crippen molar-refractivity contribution in [2.45, 2.75) is 45.4 Å². The molecule has 0 aliphatic rings. The number of halogens is 1. The summed E-state index contributed by atoms with van der Waals surface area (Å²) in [6, 6.07) is 15.0. The summed E-state index contributed by atoms with van der Waals surface area (Å²) in [5.74, 6) is 1.05. The number of unbranched alkanes of at least 4 members (excludes halogenated alkanes) is 5. The summed E-state index contributed by atoms with van der Waals surface area (Å²) in [5, 5.41) is 4.02. The maximum atomic E-state index is 11.9. The summed E-state index contributed by atoms with van der Waals surface area (Å²) in [6.45, 7) is 2.79. The summed E-state index contributed by atoms with van der Waals surface area (Å²) in [5.41, 5.74) is 3.30. The van der Waals surface area contributed by atoms with Crippen molar-refractivity contribution in [2.75, 3.05) is 13.2 Å². The van der Waals surface area contributed by atoms with Gasteiger partial charge in [0.05, 0.1) is 17.3 Å². The molecule has 0 bridgehead atoms. The average molecular weight is 461 g/mol. The molecular weight excluding hydrogens is 432 g/mol. The van der Waals surface area contributed by atoms with Crippen molar-refractivity contribution in [1.82, 2.24) is 5.43 Å². The zero-order valence-corrected chi connectivity index (χ0v) is 18.5. The van der Waals surface area contributed by atoms with Gasteiger partial charge in [-0.25, -0.2) is 5.43 Å². The zero-order valence-electron chi connectivity index (χ0n) is 16.9. The number of para-hydroxylation sites is 2. The van der Waals surface area contributed by atoms with E-state index in [0.717, 1.165) is 22.2 Å². The fourth-order valence-corrected chi connectivity index (χ4v) is 3.09. The first-order chi connectivity index (χ1) is 14.2. The third kappa shape index (κ3) is 9.13. The highest BCUT2D eigenvalue weighted by Crippen LogP contribution is 2.23. The maximum Gasteiger partial charge on any atom is 0.277 e. The Hall–Kier alpha value is -2.34. The SMILES string of the molecule is CCCCCCCCOc1ccccc1/C=N\NC(=O)COc1ccccc1Br. The Morgan fingerprint density at radius 1 is 0.966 bits per heavy atom. The smallest absolute Gasteiger partial charge is 0.277 e. The van der Waals surface area contributed by atoms with Gasteiger partial charge < -0.3 is 9.47 Å². The third-order valence-corrected chi connectivity index (χ3v) is 4.92. The lowest BCUT2D eigenvalue weighted by atomic mass is 10.1. The van der Waals surface area contributed by atoms with Crippen LogP contribution in [0.15, 0.2) is 58.1 Å². The summed E-state index contributed by atoms with van der Waals surface area (Å²) in [7, 11) is 0. The molecule has 0 fully saturated rings. The summed E-state index contributed by atoms with van der Waals surface area (Å²) in [6.07, 6.45) is 8.93. The summed E-state index contributed by atoms with van der Waals surface area (Å²) in [4.78, 5) is 11.9. The number of rotatable bonds is 13. The van der Waals surface area contributed by atoms with Crippen LogP contribution < -0.4 is 14.9 Å². The number of hydrogen-bond donors (Lipinski definition) is 1. The van der Waals surface area contributed by atoms with Gasteiger partial charge in [0.25, 0.3) is 5.91 Å². The predicted octanol–water partition coefficient (Wildman–Crippen LogP) is 5.72. The van der Waals surface area contributed by atoms with Gasteiger partial charge in [-0.1, -0.05) is 63.3 Å². The van der Waals surface area contributed by atoms with E-state index in [4.69, 9.17) is 9.47 Å². The van der Waals surface area contributed by atoms with E-state index < -0.39 is 0 Å². The Bertz CT molecular complexity index is 780. The highest BCUT2D eigenvalue weighted by molar-refractivity contribution is 9.10. The molecule has 0 heterocycles. The predicted molar refractivity (Wildman–Crippen MR) is 121 cm³/mol. The van der Waals surface area contributed by atoms with Crippen molar-refractivity contribution >= 4 is 28.1 Å². The van der Waals surface area contributed by atoms with E-state index in [2.05, 4.69) is 33.4 Å². The molecule has 0 aliphatic carbocycles. The molecule has 1 N–H and O–H groups in total. The quantitative estimate of drug-likeness (QED) is 0.236. The largest absolute Gasteiger partial charge is 0.493 e. The lowest BCUT2D eigenvalue weighted by Gasteiger charge is -2.09. The molecule has 0 aromatic heterocycles. The molecule has 0 saturated heterocycles. The molecule has 2 aromatic rings. The van der Waals surface area contributed by atoms with Crippen molar-refractivity contribution in [3.8, 4) is 11.5 Å². The number of hydrogen-bond acceptors (Lipinski definition) is 4. The number of ether oxygens (including phenoxy) is 2. The minimum absolute atomic E-state index is 0.115. The Morgan fingerprint density at radius 3 is 2.45 bits per heavy atom. The normalized spacial score (nSPS) is 10.8. The Labute approximate surface area is 181 Å². The Morgan fingerprint density at radius 2 is 1.66 bits per heavy atom. The monoisotopic (exact) mass is 460 g/mol. The van der Waals surface area contributed by atoms with E-state index in [1.165, 1.54) is 32.1 Å². The van der Waals surface area contributed by atoms with Gasteiger partial charge in [-0.05, 0) is 46.6 Å². The molecule has 5 nitrogen and oxygen atoms in total. The molecule has 0 spiro atoms. The van der Waals surface area contributed by atoms with Crippen LogP contribution in [0, 0.1) is 0 Å². The van der Waals surface area contributed by atoms with Crippen LogP contribution in [-0.4, -0.2) is 25.3 Å². The maximum absolute atomic E-state index is 11.9. The number of carbonyl (C=O) groups is 1. The molecule has 2 aromatic carbocycles. The average Bonchev–Trinajstić information content (AvgIpc) is 2.73. The molecule has 0 radical (unpaired) electrons. The van der Waals surface area contributed by atoms with Crippen LogP contribution in [0.3, 0.4) is 0 Å². The molecule has 156 valence electrons. The minimum Gasteiger partial charge on any atom is -0.493 e. The fraction of sp³-hybridized carbons (Fsp3) is 0.391. The van der Waals surface area contributed by atoms with Crippen LogP contribution in [0.4, 0.5) is 0 Å². The van der Waals surface area contributed by atoms with E-state index >= 15 is 0 Å². The van der Waals surface area contributed by atoms with Gasteiger partial charge >= 0.3 is 0 Å². The molecule has 29 heavy (non-hydrogen) atoms. The first kappa shape index (κ1) is 22.9. The highest BCUT2D eigenvalue weighted by Gasteiger charge is 2.05. The Kier molecular flexibility index (Phi) is 10.9. The number of benzene rings is 2. The molecule has 0 aliphatic heterocycles. The van der Waals surface area contributed by atoms with Crippen LogP contribution in [0.5, 0.6) is 11.5 Å². The molecule has 0 saturated carbocycles. The van der Waals surface area contributed by atoms with Gasteiger partial charge in [0.1, 0.15) is 11.5 Å². The highest BCUT2D eigenvalue weighted by atomic mass is 79.9. The van der Waals surface area contributed by atoms with Crippen LogP contribution >= 0.6 is 15.9 Å². The zero-order chi connectivity index (χ0) is 20.7. The second-order valence-electron chi connectivity index (χ2n) is 6.67. The van der Waals surface area contributed by atoms with E-state index in [9.17, 15) is 4.79 Å². The molecule has 0 unspecified atom stereocenters. The fourth-order valence-electron chi connectivity index (χ4n) is 2.69. The van der Waals surface area contributed by atoms with Gasteiger partial charge in [0.15, 0.2) is 6.61 Å². The second kappa shape index (κ2) is 13.8. The van der Waals surface area contributed by atoms with Crippen molar-refractivity contribution in [1.29, 1.82) is 0 Å². The van der Waals surface area contributed by atoms with Crippen molar-refractivity contribution in [3.05, 3.63) is 58.6 Å². The first-order valence-corrected chi connectivity index (χ1v) is 10.9. The van der Waals surface area contributed by atoms with Gasteiger partial charge in [-0.15, -0.1) is 0 Å². The molecule has 6 heteroatoms. The Balaban J connectivity index is 1.74. The van der Waals surface area contributed by atoms with E-state index in [1.807, 2.05) is 42.5 Å². The van der Waals surface area contributed by atoms with Crippen LogP contribution in [-0.2, 0) is 4.79 Å².